The second-order valence-electron chi connectivity index (χ2n) is 1.29. The third-order valence-corrected chi connectivity index (χ3v) is 0.512. The maximum Gasteiger partial charge on any atom is 0.142 e. The summed E-state index contributed by atoms with van der Waals surface area (Å²) < 4.78 is 0. The lowest BCUT2D eigenvalue weighted by Crippen LogP contribution is -1.50. The van der Waals surface area contributed by atoms with Crippen molar-refractivity contribution in [2.75, 3.05) is 0 Å². The van der Waals surface area contributed by atoms with Crippen LogP contribution in [0.1, 0.15) is 13.8 Å². The fourth-order valence-electron chi connectivity index (χ4n) is 0.153. The first-order chi connectivity index (χ1) is 4.83. The SMILES string of the molecule is CC=CC#N.CC=CC=O. The minimum absolute atomic E-state index is 0.750. The predicted octanol–water partition coefficient (Wildman–Crippen LogP) is 1.85. The number of allylic oxidation sites excluding steroid dienone is 4. The van der Waals surface area contributed by atoms with Crippen molar-refractivity contribution in [2.24, 2.45) is 0 Å². The van der Waals surface area contributed by atoms with E-state index in [1.54, 1.807) is 19.1 Å². The molecule has 0 aromatic rings. The Labute approximate surface area is 61.5 Å². The quantitative estimate of drug-likeness (QED) is 0.314. The Morgan fingerprint density at radius 3 is 1.90 bits per heavy atom. The first-order valence-corrected chi connectivity index (χ1v) is 2.90. The average Bonchev–Trinajstić information content (AvgIpc) is 1.93. The van der Waals surface area contributed by atoms with Gasteiger partial charge in [0.15, 0.2) is 0 Å². The Morgan fingerprint density at radius 1 is 1.30 bits per heavy atom. The highest BCUT2D eigenvalue weighted by molar-refractivity contribution is 5.64. The van der Waals surface area contributed by atoms with Crippen LogP contribution in [0, 0.1) is 11.3 Å². The molecule has 0 amide bonds. The molecule has 0 aliphatic rings. The number of carbonyl (C=O) groups excluding carboxylic acids is 1. The lowest BCUT2D eigenvalue weighted by molar-refractivity contribution is -0.104. The minimum Gasteiger partial charge on any atom is -0.299 e. The highest BCUT2D eigenvalue weighted by Gasteiger charge is 1.48. The molecule has 10 heavy (non-hydrogen) atoms. The number of nitrogens with zero attached hydrogens (tertiary/aromatic N) is 1. The van der Waals surface area contributed by atoms with Gasteiger partial charge in [-0.15, -0.1) is 0 Å². The van der Waals surface area contributed by atoms with Crippen molar-refractivity contribution < 1.29 is 4.79 Å². The summed E-state index contributed by atoms with van der Waals surface area (Å²) in [4.78, 5) is 9.32. The molecule has 0 aromatic carbocycles. The maximum atomic E-state index is 9.32. The first kappa shape index (κ1) is 11.4. The molecular formula is C8H11NO. The normalized spacial score (nSPS) is 8.50. The zero-order valence-corrected chi connectivity index (χ0v) is 6.24. The van der Waals surface area contributed by atoms with E-state index in [4.69, 9.17) is 5.26 Å². The van der Waals surface area contributed by atoms with Gasteiger partial charge >= 0.3 is 0 Å². The van der Waals surface area contributed by atoms with Crippen LogP contribution in [0.2, 0.25) is 0 Å². The summed E-state index contributed by atoms with van der Waals surface area (Å²) >= 11 is 0. The van der Waals surface area contributed by atoms with Gasteiger partial charge in [0.05, 0.1) is 6.07 Å². The number of nitriles is 1. The van der Waals surface area contributed by atoms with Crippen LogP contribution in [-0.4, -0.2) is 6.29 Å². The lowest BCUT2D eigenvalue weighted by Gasteiger charge is -1.51. The Morgan fingerprint density at radius 2 is 1.90 bits per heavy atom. The number of rotatable bonds is 1. The van der Waals surface area contributed by atoms with Crippen LogP contribution in [0.25, 0.3) is 0 Å². The molecule has 0 spiro atoms. The van der Waals surface area contributed by atoms with Gasteiger partial charge in [0, 0.05) is 6.08 Å². The Kier molecular flexibility index (Phi) is 17.9. The van der Waals surface area contributed by atoms with E-state index in [1.165, 1.54) is 12.2 Å². The average molecular weight is 137 g/mol. The number of carbonyl (C=O) groups is 1. The van der Waals surface area contributed by atoms with E-state index in [2.05, 4.69) is 0 Å². The molecule has 2 nitrogen and oxygen atoms in total. The molecule has 0 aromatic heterocycles. The Bertz CT molecular complexity index is 151. The second-order valence-corrected chi connectivity index (χ2v) is 1.29. The van der Waals surface area contributed by atoms with Crippen molar-refractivity contribution >= 4 is 6.29 Å². The van der Waals surface area contributed by atoms with Gasteiger partial charge in [-0.25, -0.2) is 0 Å². The van der Waals surface area contributed by atoms with Crippen LogP contribution in [0.4, 0.5) is 0 Å². The van der Waals surface area contributed by atoms with E-state index < -0.39 is 0 Å². The van der Waals surface area contributed by atoms with E-state index >= 15 is 0 Å². The summed E-state index contributed by atoms with van der Waals surface area (Å²) in [6.07, 6.45) is 7.01. The van der Waals surface area contributed by atoms with Crippen LogP contribution in [0.3, 0.4) is 0 Å². The van der Waals surface area contributed by atoms with Gasteiger partial charge in [0.25, 0.3) is 0 Å². The van der Waals surface area contributed by atoms with E-state index in [9.17, 15) is 4.79 Å². The molecule has 0 rings (SSSR count). The largest absolute Gasteiger partial charge is 0.299 e. The van der Waals surface area contributed by atoms with Gasteiger partial charge in [-0.1, -0.05) is 12.2 Å². The second kappa shape index (κ2) is 15.6. The molecule has 0 bridgehead atoms. The molecule has 0 saturated carbocycles. The van der Waals surface area contributed by atoms with E-state index in [-0.39, 0.29) is 0 Å². The molecule has 0 aliphatic carbocycles. The van der Waals surface area contributed by atoms with Crippen molar-refractivity contribution in [1.82, 2.24) is 0 Å². The summed E-state index contributed by atoms with van der Waals surface area (Å²) in [5.41, 5.74) is 0. The number of hydrogen-bond acceptors (Lipinski definition) is 2. The molecule has 0 fully saturated rings. The fraction of sp³-hybridized carbons (Fsp3) is 0.250. The predicted molar refractivity (Wildman–Crippen MR) is 41.3 cm³/mol. The molecule has 0 N–H and O–H groups in total. The zero-order chi connectivity index (χ0) is 8.24. The maximum absolute atomic E-state index is 9.32. The van der Waals surface area contributed by atoms with Crippen LogP contribution in [0.5, 0.6) is 0 Å². The van der Waals surface area contributed by atoms with Crippen LogP contribution in [0.15, 0.2) is 24.3 Å². The molecule has 54 valence electrons. The molecule has 0 radical (unpaired) electrons. The summed E-state index contributed by atoms with van der Waals surface area (Å²) in [5, 5.41) is 7.73. The van der Waals surface area contributed by atoms with E-state index in [0.717, 1.165) is 6.29 Å². The molecule has 0 aliphatic heterocycles. The van der Waals surface area contributed by atoms with Gasteiger partial charge in [0.2, 0.25) is 0 Å². The molecule has 2 heteroatoms. The smallest absolute Gasteiger partial charge is 0.142 e. The third-order valence-electron chi connectivity index (χ3n) is 0.512. The van der Waals surface area contributed by atoms with Gasteiger partial charge in [-0.05, 0) is 19.9 Å². The summed E-state index contributed by atoms with van der Waals surface area (Å²) in [6.45, 7) is 3.61. The molecule has 0 atom stereocenters. The van der Waals surface area contributed by atoms with Crippen molar-refractivity contribution in [3.8, 4) is 6.07 Å². The summed E-state index contributed by atoms with van der Waals surface area (Å²) in [7, 11) is 0. The van der Waals surface area contributed by atoms with Gasteiger partial charge < -0.3 is 0 Å². The van der Waals surface area contributed by atoms with E-state index in [1.807, 2.05) is 13.0 Å². The highest BCUT2D eigenvalue weighted by atomic mass is 16.1. The van der Waals surface area contributed by atoms with Crippen LogP contribution >= 0.6 is 0 Å². The van der Waals surface area contributed by atoms with Gasteiger partial charge in [-0.2, -0.15) is 5.26 Å². The zero-order valence-electron chi connectivity index (χ0n) is 6.24. The number of aldehydes is 1. The highest BCUT2D eigenvalue weighted by Crippen LogP contribution is 1.58. The third kappa shape index (κ3) is 30.3. The van der Waals surface area contributed by atoms with Crippen molar-refractivity contribution in [3.63, 3.8) is 0 Å². The van der Waals surface area contributed by atoms with Crippen LogP contribution < -0.4 is 0 Å². The van der Waals surface area contributed by atoms with Gasteiger partial charge in [-0.3, -0.25) is 4.79 Å². The molecular weight excluding hydrogens is 126 g/mol. The lowest BCUT2D eigenvalue weighted by atomic mass is 10.6. The topological polar surface area (TPSA) is 40.9 Å². The van der Waals surface area contributed by atoms with Crippen molar-refractivity contribution in [1.29, 1.82) is 5.26 Å². The summed E-state index contributed by atoms with van der Waals surface area (Å²) in [5.74, 6) is 0. The summed E-state index contributed by atoms with van der Waals surface area (Å²) in [6, 6.07) is 1.84. The minimum atomic E-state index is 0.750. The Balaban J connectivity index is 0. The molecule has 0 heterocycles. The molecule has 0 saturated heterocycles. The van der Waals surface area contributed by atoms with Crippen molar-refractivity contribution in [3.05, 3.63) is 24.3 Å². The standard InChI is InChI=1S/C4H5N.C4H6O/c2*1-2-3-4-5/h2-3H,1H3;2-4H,1H3. The first-order valence-electron chi connectivity index (χ1n) is 2.90. The van der Waals surface area contributed by atoms with Gasteiger partial charge in [0.1, 0.15) is 6.29 Å². The molecule has 0 unspecified atom stereocenters. The van der Waals surface area contributed by atoms with Crippen molar-refractivity contribution in [2.45, 2.75) is 13.8 Å². The van der Waals surface area contributed by atoms with E-state index in [0.29, 0.717) is 0 Å². The Hall–Kier alpha value is -1.36. The van der Waals surface area contributed by atoms with Crippen LogP contribution in [-0.2, 0) is 4.79 Å². The number of hydrogen-bond donors (Lipinski definition) is 0. The fourth-order valence-corrected chi connectivity index (χ4v) is 0.153. The monoisotopic (exact) mass is 137 g/mol.